The Kier molecular flexibility index (Phi) is 2.68. The van der Waals surface area contributed by atoms with Crippen LogP contribution < -0.4 is 5.73 Å². The molecule has 66 valence electrons. The maximum absolute atomic E-state index is 9.35. The number of aliphatic hydroxyl groups is 1. The minimum Gasteiger partial charge on any atom is -0.508 e. The summed E-state index contributed by atoms with van der Waals surface area (Å²) in [4.78, 5) is 0. The minimum atomic E-state index is -0.773. The van der Waals surface area contributed by atoms with Gasteiger partial charge in [-0.05, 0) is 19.1 Å². The van der Waals surface area contributed by atoms with Gasteiger partial charge < -0.3 is 15.9 Å². The quantitative estimate of drug-likeness (QED) is 0.607. The smallest absolute Gasteiger partial charge is 0.121 e. The van der Waals surface area contributed by atoms with Gasteiger partial charge in [-0.25, -0.2) is 0 Å². The zero-order valence-corrected chi connectivity index (χ0v) is 6.99. The average Bonchev–Trinajstić information content (AvgIpc) is 2.08. The van der Waals surface area contributed by atoms with Crippen molar-refractivity contribution in [2.45, 2.75) is 13.0 Å². The first-order chi connectivity index (χ1) is 5.65. The molecule has 3 nitrogen and oxygen atoms in total. The summed E-state index contributed by atoms with van der Waals surface area (Å²) in [7, 11) is 0. The molecular formula is C9H13NO2. The highest BCUT2D eigenvalue weighted by Gasteiger charge is 2.09. The van der Waals surface area contributed by atoms with Crippen LogP contribution in [0.15, 0.2) is 18.2 Å². The monoisotopic (exact) mass is 167 g/mol. The maximum atomic E-state index is 9.35. The van der Waals surface area contributed by atoms with Crippen LogP contribution in [-0.2, 0) is 0 Å². The van der Waals surface area contributed by atoms with Crippen molar-refractivity contribution in [3.05, 3.63) is 29.3 Å². The van der Waals surface area contributed by atoms with Gasteiger partial charge in [-0.3, -0.25) is 0 Å². The molecule has 0 heterocycles. The van der Waals surface area contributed by atoms with Gasteiger partial charge in [0.2, 0.25) is 0 Å². The van der Waals surface area contributed by atoms with E-state index in [2.05, 4.69) is 0 Å². The van der Waals surface area contributed by atoms with Crippen molar-refractivity contribution in [1.82, 2.24) is 0 Å². The number of benzene rings is 1. The Morgan fingerprint density at radius 3 is 2.75 bits per heavy atom. The molecule has 0 aromatic heterocycles. The summed E-state index contributed by atoms with van der Waals surface area (Å²) in [5, 5.41) is 18.7. The van der Waals surface area contributed by atoms with Crippen molar-refractivity contribution in [2.75, 3.05) is 6.54 Å². The predicted molar refractivity (Wildman–Crippen MR) is 46.9 cm³/mol. The Bertz CT molecular complexity index is 273. The van der Waals surface area contributed by atoms with Gasteiger partial charge in [-0.15, -0.1) is 0 Å². The molecule has 0 amide bonds. The van der Waals surface area contributed by atoms with E-state index < -0.39 is 6.10 Å². The second-order valence-electron chi connectivity index (χ2n) is 2.81. The van der Waals surface area contributed by atoms with Crippen molar-refractivity contribution in [3.63, 3.8) is 0 Å². The standard InChI is InChI=1S/C9H13NO2/c1-6-2-3-8(11)7(4-6)9(12)5-10/h2-4,9,11-12H,5,10H2,1H3/t9-/m1/s1. The molecule has 0 spiro atoms. The second kappa shape index (κ2) is 3.56. The number of phenols is 1. The molecule has 0 aliphatic carbocycles. The summed E-state index contributed by atoms with van der Waals surface area (Å²) < 4.78 is 0. The van der Waals surface area contributed by atoms with E-state index in [0.29, 0.717) is 5.56 Å². The van der Waals surface area contributed by atoms with Crippen LogP contribution in [0.1, 0.15) is 17.2 Å². The van der Waals surface area contributed by atoms with Crippen LogP contribution in [0.4, 0.5) is 0 Å². The van der Waals surface area contributed by atoms with Crippen LogP contribution in [0.3, 0.4) is 0 Å². The molecule has 1 rings (SSSR count). The zero-order chi connectivity index (χ0) is 9.14. The van der Waals surface area contributed by atoms with Crippen molar-refractivity contribution in [1.29, 1.82) is 0 Å². The molecule has 0 aliphatic rings. The number of rotatable bonds is 2. The second-order valence-corrected chi connectivity index (χ2v) is 2.81. The van der Waals surface area contributed by atoms with Crippen LogP contribution in [-0.4, -0.2) is 16.8 Å². The maximum Gasteiger partial charge on any atom is 0.121 e. The van der Waals surface area contributed by atoms with E-state index in [1.54, 1.807) is 18.2 Å². The number of nitrogens with two attached hydrogens (primary N) is 1. The van der Waals surface area contributed by atoms with Crippen molar-refractivity contribution in [3.8, 4) is 5.75 Å². The third kappa shape index (κ3) is 1.75. The summed E-state index contributed by atoms with van der Waals surface area (Å²) in [6, 6.07) is 5.07. The van der Waals surface area contributed by atoms with E-state index in [9.17, 15) is 10.2 Å². The Morgan fingerprint density at radius 2 is 2.17 bits per heavy atom. The first kappa shape index (κ1) is 9.03. The summed E-state index contributed by atoms with van der Waals surface area (Å²) >= 11 is 0. The fourth-order valence-corrected chi connectivity index (χ4v) is 1.07. The number of aryl methyl sites for hydroxylation is 1. The fourth-order valence-electron chi connectivity index (χ4n) is 1.07. The molecule has 0 aliphatic heterocycles. The van der Waals surface area contributed by atoms with Crippen LogP contribution in [0.25, 0.3) is 0 Å². The van der Waals surface area contributed by atoms with Crippen LogP contribution in [0, 0.1) is 6.92 Å². The Balaban J connectivity index is 3.04. The highest BCUT2D eigenvalue weighted by atomic mass is 16.3. The zero-order valence-electron chi connectivity index (χ0n) is 6.99. The van der Waals surface area contributed by atoms with Gasteiger partial charge in [0.1, 0.15) is 5.75 Å². The largest absolute Gasteiger partial charge is 0.508 e. The molecule has 1 aromatic carbocycles. The SMILES string of the molecule is Cc1ccc(O)c([C@H](O)CN)c1. The van der Waals surface area contributed by atoms with E-state index in [1.165, 1.54) is 0 Å². The molecule has 0 radical (unpaired) electrons. The fraction of sp³-hybridized carbons (Fsp3) is 0.333. The molecule has 1 atom stereocenters. The van der Waals surface area contributed by atoms with Gasteiger partial charge in [0.25, 0.3) is 0 Å². The van der Waals surface area contributed by atoms with Crippen molar-refractivity contribution < 1.29 is 10.2 Å². The molecule has 0 unspecified atom stereocenters. The topological polar surface area (TPSA) is 66.5 Å². The normalized spacial score (nSPS) is 12.9. The van der Waals surface area contributed by atoms with Crippen LogP contribution >= 0.6 is 0 Å². The van der Waals surface area contributed by atoms with Gasteiger partial charge in [0, 0.05) is 12.1 Å². The summed E-state index contributed by atoms with van der Waals surface area (Å²) in [5.41, 5.74) is 6.76. The van der Waals surface area contributed by atoms with Gasteiger partial charge >= 0.3 is 0 Å². The molecule has 3 heteroatoms. The number of aromatic hydroxyl groups is 1. The molecule has 0 saturated carbocycles. The van der Waals surface area contributed by atoms with Crippen molar-refractivity contribution >= 4 is 0 Å². The molecule has 4 N–H and O–H groups in total. The first-order valence-corrected chi connectivity index (χ1v) is 3.83. The number of phenolic OH excluding ortho intramolecular Hbond substituents is 1. The predicted octanol–water partition coefficient (Wildman–Crippen LogP) is 0.693. The third-order valence-corrected chi connectivity index (χ3v) is 1.77. The third-order valence-electron chi connectivity index (χ3n) is 1.77. The van der Waals surface area contributed by atoms with Crippen LogP contribution in [0.5, 0.6) is 5.75 Å². The van der Waals surface area contributed by atoms with Gasteiger partial charge in [-0.1, -0.05) is 11.6 Å². The highest BCUT2D eigenvalue weighted by molar-refractivity contribution is 5.37. The van der Waals surface area contributed by atoms with E-state index in [-0.39, 0.29) is 12.3 Å². The summed E-state index contributed by atoms with van der Waals surface area (Å²) in [5.74, 6) is 0.0959. The molecule has 12 heavy (non-hydrogen) atoms. The molecule has 1 aromatic rings. The number of hydrogen-bond acceptors (Lipinski definition) is 3. The number of aliphatic hydroxyl groups excluding tert-OH is 1. The highest BCUT2D eigenvalue weighted by Crippen LogP contribution is 2.24. The Hall–Kier alpha value is -1.06. The van der Waals surface area contributed by atoms with Crippen LogP contribution in [0.2, 0.25) is 0 Å². The van der Waals surface area contributed by atoms with E-state index >= 15 is 0 Å². The van der Waals surface area contributed by atoms with Gasteiger partial charge in [0.05, 0.1) is 6.10 Å². The lowest BCUT2D eigenvalue weighted by Crippen LogP contribution is -2.11. The number of hydrogen-bond donors (Lipinski definition) is 3. The van der Waals surface area contributed by atoms with Gasteiger partial charge in [-0.2, -0.15) is 0 Å². The first-order valence-electron chi connectivity index (χ1n) is 3.83. The summed E-state index contributed by atoms with van der Waals surface area (Å²) in [6.45, 7) is 2.02. The lowest BCUT2D eigenvalue weighted by Gasteiger charge is -2.10. The molecular weight excluding hydrogens is 154 g/mol. The molecule has 0 fully saturated rings. The van der Waals surface area contributed by atoms with Crippen molar-refractivity contribution in [2.24, 2.45) is 5.73 Å². The Morgan fingerprint density at radius 1 is 1.50 bits per heavy atom. The van der Waals surface area contributed by atoms with Gasteiger partial charge in [0.15, 0.2) is 0 Å². The van der Waals surface area contributed by atoms with E-state index in [0.717, 1.165) is 5.56 Å². The lowest BCUT2D eigenvalue weighted by molar-refractivity contribution is 0.182. The van der Waals surface area contributed by atoms with E-state index in [4.69, 9.17) is 5.73 Å². The minimum absolute atomic E-state index is 0.0959. The average molecular weight is 167 g/mol. The Labute approximate surface area is 71.5 Å². The summed E-state index contributed by atoms with van der Waals surface area (Å²) in [6.07, 6.45) is -0.773. The lowest BCUT2D eigenvalue weighted by atomic mass is 10.1. The molecule has 0 bridgehead atoms. The molecule has 0 saturated heterocycles. The van der Waals surface area contributed by atoms with E-state index in [1.807, 2.05) is 6.92 Å².